The summed E-state index contributed by atoms with van der Waals surface area (Å²) in [6, 6.07) is -0.501. The summed E-state index contributed by atoms with van der Waals surface area (Å²) < 4.78 is 5.85. The summed E-state index contributed by atoms with van der Waals surface area (Å²) in [5.74, 6) is -0.444. The number of thioether (sulfide) groups is 1. The number of aldehydes is 2. The number of aryl methyl sites for hydroxylation is 1. The SMILES string of the molecule is CCCC(C=O)SC(=O)OC.CCCC=O.CCCc1cn([C@@H](CC)C(N)=O)c(=O)s1. The largest absolute Gasteiger partial charge is 0.461 e. The number of methoxy groups -OCH3 is 1. The molecule has 0 aromatic carbocycles. The van der Waals surface area contributed by atoms with Gasteiger partial charge in [-0.1, -0.05) is 51.9 Å². The van der Waals surface area contributed by atoms with Crippen molar-refractivity contribution in [3.05, 3.63) is 20.7 Å². The molecule has 0 aliphatic heterocycles. The van der Waals surface area contributed by atoms with E-state index >= 15 is 0 Å². The van der Waals surface area contributed by atoms with Crippen molar-refractivity contribution in [3.8, 4) is 0 Å². The molecule has 0 aliphatic carbocycles. The van der Waals surface area contributed by atoms with Crippen LogP contribution in [0.5, 0.6) is 0 Å². The lowest BCUT2D eigenvalue weighted by Crippen LogP contribution is -2.30. The van der Waals surface area contributed by atoms with Crippen LogP contribution in [0.1, 0.15) is 77.1 Å². The van der Waals surface area contributed by atoms with Crippen molar-refractivity contribution in [2.24, 2.45) is 5.73 Å². The normalized spacial score (nSPS) is 11.6. The molecule has 0 spiro atoms. The van der Waals surface area contributed by atoms with E-state index in [1.54, 1.807) is 6.20 Å². The Balaban J connectivity index is 0. The van der Waals surface area contributed by atoms with Gasteiger partial charge in [0.1, 0.15) is 18.6 Å². The molecule has 2 N–H and O–H groups in total. The molecule has 10 heteroatoms. The number of hydrogen-bond acceptors (Lipinski definition) is 8. The zero-order chi connectivity index (χ0) is 24.2. The van der Waals surface area contributed by atoms with Crippen LogP contribution in [0.2, 0.25) is 0 Å². The lowest BCUT2D eigenvalue weighted by atomic mass is 10.2. The number of thiazole rings is 1. The van der Waals surface area contributed by atoms with E-state index in [0.29, 0.717) is 12.8 Å². The Labute approximate surface area is 192 Å². The maximum absolute atomic E-state index is 11.6. The summed E-state index contributed by atoms with van der Waals surface area (Å²) in [4.78, 5) is 54.0. The highest BCUT2D eigenvalue weighted by molar-refractivity contribution is 8.14. The molecule has 1 rings (SSSR count). The van der Waals surface area contributed by atoms with Gasteiger partial charge >= 0.3 is 10.2 Å². The van der Waals surface area contributed by atoms with Gasteiger partial charge in [0.25, 0.3) is 0 Å². The van der Waals surface area contributed by atoms with E-state index in [2.05, 4.69) is 11.7 Å². The van der Waals surface area contributed by atoms with Crippen molar-refractivity contribution in [1.29, 1.82) is 0 Å². The van der Waals surface area contributed by atoms with Gasteiger partial charge in [-0.15, -0.1) is 0 Å². The lowest BCUT2D eigenvalue weighted by Gasteiger charge is -2.10. The van der Waals surface area contributed by atoms with Crippen LogP contribution in [-0.2, 0) is 25.5 Å². The van der Waals surface area contributed by atoms with E-state index in [9.17, 15) is 24.0 Å². The number of nitrogens with two attached hydrogens (primary N) is 1. The number of unbranched alkanes of at least 4 members (excludes halogenated alkanes) is 1. The second-order valence-corrected chi connectivity index (χ2v) is 8.69. The predicted molar refractivity (Wildman–Crippen MR) is 127 cm³/mol. The minimum atomic E-state index is -0.501. The average molecular weight is 477 g/mol. The number of carbonyl (C=O) groups is 4. The molecule has 0 radical (unpaired) electrons. The third-order valence-electron chi connectivity index (χ3n) is 3.81. The molecule has 31 heavy (non-hydrogen) atoms. The number of carbonyl (C=O) groups excluding carboxylic acids is 4. The molecule has 2 atom stereocenters. The highest BCUT2D eigenvalue weighted by Gasteiger charge is 2.18. The van der Waals surface area contributed by atoms with Crippen molar-refractivity contribution >= 4 is 46.9 Å². The van der Waals surface area contributed by atoms with Crippen LogP contribution in [-0.4, -0.2) is 40.7 Å². The summed E-state index contributed by atoms with van der Waals surface area (Å²) in [7, 11) is 1.31. The smallest absolute Gasteiger partial charge is 0.367 e. The summed E-state index contributed by atoms with van der Waals surface area (Å²) >= 11 is 2.14. The van der Waals surface area contributed by atoms with Gasteiger partial charge in [0.2, 0.25) is 5.91 Å². The Morgan fingerprint density at radius 3 is 2.19 bits per heavy atom. The molecule has 0 fully saturated rings. The fraction of sp³-hybridized carbons (Fsp3) is 0.667. The van der Waals surface area contributed by atoms with Crippen LogP contribution in [0, 0.1) is 0 Å². The van der Waals surface area contributed by atoms with Gasteiger partial charge < -0.3 is 20.1 Å². The van der Waals surface area contributed by atoms with Crippen molar-refractivity contribution in [2.75, 3.05) is 7.11 Å². The van der Waals surface area contributed by atoms with E-state index in [1.165, 1.54) is 23.0 Å². The number of aromatic nitrogens is 1. The molecule has 0 aliphatic rings. The Bertz CT molecular complexity index is 702. The number of nitrogens with zero attached hydrogens (tertiary/aromatic N) is 1. The lowest BCUT2D eigenvalue weighted by molar-refractivity contribution is -0.121. The Morgan fingerprint density at radius 2 is 1.84 bits per heavy atom. The molecule has 1 amide bonds. The third kappa shape index (κ3) is 14.7. The maximum Gasteiger partial charge on any atom is 0.367 e. The van der Waals surface area contributed by atoms with Crippen molar-refractivity contribution in [3.63, 3.8) is 0 Å². The zero-order valence-electron chi connectivity index (χ0n) is 19.1. The van der Waals surface area contributed by atoms with Crippen LogP contribution in [0.25, 0.3) is 0 Å². The zero-order valence-corrected chi connectivity index (χ0v) is 20.8. The first-order valence-corrected chi connectivity index (χ1v) is 12.1. The molecule has 1 aromatic rings. The highest BCUT2D eigenvalue weighted by Crippen LogP contribution is 2.16. The van der Waals surface area contributed by atoms with Crippen molar-refractivity contribution in [2.45, 2.75) is 83.9 Å². The van der Waals surface area contributed by atoms with Gasteiger partial charge in [0.15, 0.2) is 0 Å². The second kappa shape index (κ2) is 20.0. The Kier molecular flexibility index (Phi) is 20.1. The minimum absolute atomic E-state index is 0.0934. The fourth-order valence-corrected chi connectivity index (χ4v) is 3.98. The number of rotatable bonds is 11. The van der Waals surface area contributed by atoms with Crippen LogP contribution in [0.4, 0.5) is 4.79 Å². The molecule has 0 bridgehead atoms. The molecule has 1 unspecified atom stereocenters. The average Bonchev–Trinajstić information content (AvgIpc) is 3.09. The van der Waals surface area contributed by atoms with Gasteiger partial charge in [-0.25, -0.2) is 4.79 Å². The second-order valence-electron chi connectivity index (χ2n) is 6.44. The van der Waals surface area contributed by atoms with Gasteiger partial charge in [-0.3, -0.25) is 14.2 Å². The molecule has 178 valence electrons. The van der Waals surface area contributed by atoms with Crippen LogP contribution in [0.3, 0.4) is 0 Å². The van der Waals surface area contributed by atoms with E-state index in [-0.39, 0.29) is 10.1 Å². The number of hydrogen-bond donors (Lipinski definition) is 1. The molecule has 1 heterocycles. The van der Waals surface area contributed by atoms with Crippen molar-refractivity contribution < 1.29 is 23.9 Å². The van der Waals surface area contributed by atoms with Gasteiger partial charge in [0, 0.05) is 17.5 Å². The first kappa shape index (κ1) is 31.2. The van der Waals surface area contributed by atoms with E-state index in [1.807, 2.05) is 20.8 Å². The summed E-state index contributed by atoms with van der Waals surface area (Å²) in [5.41, 5.74) is 5.24. The van der Waals surface area contributed by atoms with Crippen molar-refractivity contribution in [1.82, 2.24) is 4.57 Å². The minimum Gasteiger partial charge on any atom is -0.461 e. The van der Waals surface area contributed by atoms with Gasteiger partial charge in [0.05, 0.1) is 12.4 Å². The first-order chi connectivity index (χ1) is 14.7. The summed E-state index contributed by atoms with van der Waals surface area (Å²) in [6.45, 7) is 7.85. The quantitative estimate of drug-likeness (QED) is 0.376. The van der Waals surface area contributed by atoms with Crippen LogP contribution in [0.15, 0.2) is 11.0 Å². The molecule has 0 saturated heterocycles. The number of primary amides is 1. The van der Waals surface area contributed by atoms with Gasteiger partial charge in [-0.05, 0) is 37.4 Å². The monoisotopic (exact) mass is 476 g/mol. The summed E-state index contributed by atoms with van der Waals surface area (Å²) in [5, 5.41) is -0.636. The maximum atomic E-state index is 11.6. The van der Waals surface area contributed by atoms with E-state index < -0.39 is 17.3 Å². The van der Waals surface area contributed by atoms with E-state index in [0.717, 1.165) is 61.3 Å². The molecular formula is C21H36N2O6S2. The Morgan fingerprint density at radius 1 is 1.19 bits per heavy atom. The highest BCUT2D eigenvalue weighted by atomic mass is 32.2. The molecule has 0 saturated carbocycles. The standard InChI is InChI=1S/C10H16N2O2S.C7H12O3S.C4H8O/c1-3-5-7-6-12(10(14)15-7)8(4-2)9(11)13;1-3-4-6(5-8)11-7(9)10-2;1-2-3-4-5/h6,8H,3-5H2,1-2H3,(H2,11,13);5-6H,3-4H2,1-2H3;4H,2-3H2,1H3/t8-;;/m0../s1. The summed E-state index contributed by atoms with van der Waals surface area (Å²) in [6.07, 6.45) is 9.20. The molecule has 1 aromatic heterocycles. The molecule has 8 nitrogen and oxygen atoms in total. The number of ether oxygens (including phenoxy) is 1. The van der Waals surface area contributed by atoms with Crippen LogP contribution < -0.4 is 10.6 Å². The topological polar surface area (TPSA) is 126 Å². The fourth-order valence-electron chi connectivity index (χ4n) is 2.24. The third-order valence-corrected chi connectivity index (χ3v) is 5.77. The Hall–Kier alpha value is -1.94. The van der Waals surface area contributed by atoms with Gasteiger partial charge in [-0.2, -0.15) is 0 Å². The van der Waals surface area contributed by atoms with Crippen LogP contribution >= 0.6 is 23.1 Å². The first-order valence-electron chi connectivity index (χ1n) is 10.4. The van der Waals surface area contributed by atoms with E-state index in [4.69, 9.17) is 5.73 Å². The number of amides is 1. The predicted octanol–water partition coefficient (Wildman–Crippen LogP) is 4.14. The molecular weight excluding hydrogens is 440 g/mol.